The summed E-state index contributed by atoms with van der Waals surface area (Å²) in [6.07, 6.45) is 3.81. The molecule has 1 unspecified atom stereocenters. The Balaban J connectivity index is 0.00000112. The van der Waals surface area contributed by atoms with E-state index in [9.17, 15) is 0 Å². The lowest BCUT2D eigenvalue weighted by Crippen LogP contribution is -2.40. The average Bonchev–Trinajstić information content (AvgIpc) is 2.47. The summed E-state index contributed by atoms with van der Waals surface area (Å²) in [4.78, 5) is 0. The molecule has 0 amide bonds. The molecule has 0 radical (unpaired) electrons. The fourth-order valence-corrected chi connectivity index (χ4v) is 2.24. The third kappa shape index (κ3) is 3.91. The zero-order chi connectivity index (χ0) is 10.0. The Morgan fingerprint density at radius 2 is 1.93 bits per heavy atom. The highest BCUT2D eigenvalue weighted by Gasteiger charge is 2.32. The molecule has 3 nitrogen and oxygen atoms in total. The van der Waals surface area contributed by atoms with E-state index in [4.69, 9.17) is 9.47 Å². The normalized spacial score (nSPS) is 31.2. The molecule has 0 spiro atoms. The number of ether oxygens (including phenoxy) is 2. The van der Waals surface area contributed by atoms with Crippen molar-refractivity contribution in [2.75, 3.05) is 19.8 Å². The molecule has 2 heterocycles. The van der Waals surface area contributed by atoms with Gasteiger partial charge >= 0.3 is 0 Å². The van der Waals surface area contributed by atoms with Gasteiger partial charge in [-0.25, -0.2) is 0 Å². The molecule has 2 fully saturated rings. The number of halogens is 1. The highest BCUT2D eigenvalue weighted by Crippen LogP contribution is 2.24. The van der Waals surface area contributed by atoms with Crippen molar-refractivity contribution in [1.29, 1.82) is 0 Å². The van der Waals surface area contributed by atoms with E-state index in [1.165, 1.54) is 12.8 Å². The van der Waals surface area contributed by atoms with Crippen molar-refractivity contribution in [3.8, 4) is 0 Å². The second-order valence-electron chi connectivity index (χ2n) is 5.12. The molecule has 2 rings (SSSR count). The Morgan fingerprint density at radius 3 is 2.47 bits per heavy atom. The van der Waals surface area contributed by atoms with Crippen molar-refractivity contribution >= 4 is 12.4 Å². The number of hydrogen-bond donors (Lipinski definition) is 1. The minimum absolute atomic E-state index is 0. The molecule has 2 saturated heterocycles. The second-order valence-corrected chi connectivity index (χ2v) is 5.12. The molecule has 2 aliphatic heterocycles. The second kappa shape index (κ2) is 5.48. The van der Waals surface area contributed by atoms with Gasteiger partial charge < -0.3 is 9.47 Å². The van der Waals surface area contributed by atoms with Crippen LogP contribution in [0, 0.1) is 5.92 Å². The Hall–Kier alpha value is 0.170. The van der Waals surface area contributed by atoms with Gasteiger partial charge in [0.2, 0.25) is 0 Å². The van der Waals surface area contributed by atoms with Gasteiger partial charge in [-0.2, -0.15) is 0 Å². The maximum Gasteiger partial charge on any atom is 0.108 e. The number of nitrogens with one attached hydrogen (secondary N) is 1. The molecule has 90 valence electrons. The van der Waals surface area contributed by atoms with Gasteiger partial charge in [0.05, 0.1) is 6.61 Å². The van der Waals surface area contributed by atoms with Gasteiger partial charge in [-0.05, 0) is 39.0 Å². The Kier molecular flexibility index (Phi) is 4.84. The standard InChI is InChI=1S/C11H21NO2.ClH/c1-11(2)8-14-10(12-11)7-9-3-5-13-6-4-9;/h9-10,12H,3-8H2,1-2H3;1H. The smallest absolute Gasteiger partial charge is 0.108 e. The van der Waals surface area contributed by atoms with Crippen LogP contribution in [0.2, 0.25) is 0 Å². The summed E-state index contributed by atoms with van der Waals surface area (Å²) in [5, 5.41) is 3.51. The first-order valence-electron chi connectivity index (χ1n) is 5.63. The first kappa shape index (κ1) is 13.2. The van der Waals surface area contributed by atoms with Gasteiger partial charge in [-0.1, -0.05) is 0 Å². The summed E-state index contributed by atoms with van der Waals surface area (Å²) in [6, 6.07) is 0. The predicted octanol–water partition coefficient (Wildman–Crippen LogP) is 1.95. The van der Waals surface area contributed by atoms with Crippen molar-refractivity contribution < 1.29 is 9.47 Å². The minimum Gasteiger partial charge on any atom is -0.381 e. The average molecular weight is 236 g/mol. The lowest BCUT2D eigenvalue weighted by Gasteiger charge is -2.25. The Morgan fingerprint density at radius 1 is 1.27 bits per heavy atom. The van der Waals surface area contributed by atoms with Crippen LogP contribution in [0.1, 0.15) is 33.1 Å². The monoisotopic (exact) mass is 235 g/mol. The van der Waals surface area contributed by atoms with Crippen molar-refractivity contribution in [1.82, 2.24) is 5.32 Å². The number of rotatable bonds is 2. The zero-order valence-electron chi connectivity index (χ0n) is 9.62. The quantitative estimate of drug-likeness (QED) is 0.794. The molecular formula is C11H22ClNO2. The van der Waals surface area contributed by atoms with E-state index >= 15 is 0 Å². The maximum absolute atomic E-state index is 5.72. The molecule has 15 heavy (non-hydrogen) atoms. The van der Waals surface area contributed by atoms with Crippen molar-refractivity contribution in [2.45, 2.75) is 44.9 Å². The zero-order valence-corrected chi connectivity index (χ0v) is 10.4. The van der Waals surface area contributed by atoms with Crippen LogP contribution in [0.4, 0.5) is 0 Å². The Labute approximate surface area is 98.3 Å². The lowest BCUT2D eigenvalue weighted by atomic mass is 9.95. The molecule has 0 bridgehead atoms. The van der Waals surface area contributed by atoms with E-state index < -0.39 is 0 Å². The fraction of sp³-hybridized carbons (Fsp3) is 1.00. The van der Waals surface area contributed by atoms with Crippen LogP contribution in [-0.2, 0) is 9.47 Å². The summed E-state index contributed by atoms with van der Waals surface area (Å²) >= 11 is 0. The van der Waals surface area contributed by atoms with Crippen molar-refractivity contribution in [3.63, 3.8) is 0 Å². The van der Waals surface area contributed by atoms with Crippen LogP contribution in [0.5, 0.6) is 0 Å². The van der Waals surface area contributed by atoms with Gasteiger partial charge in [0.15, 0.2) is 0 Å². The van der Waals surface area contributed by atoms with E-state index in [-0.39, 0.29) is 24.2 Å². The molecule has 0 aromatic rings. The van der Waals surface area contributed by atoms with Gasteiger partial charge in [-0.3, -0.25) is 5.32 Å². The van der Waals surface area contributed by atoms with E-state index in [1.54, 1.807) is 0 Å². The van der Waals surface area contributed by atoms with Crippen LogP contribution in [0.25, 0.3) is 0 Å². The molecule has 2 aliphatic rings. The lowest BCUT2D eigenvalue weighted by molar-refractivity contribution is 0.0291. The highest BCUT2D eigenvalue weighted by atomic mass is 35.5. The highest BCUT2D eigenvalue weighted by molar-refractivity contribution is 5.85. The van der Waals surface area contributed by atoms with Gasteiger partial charge in [0.1, 0.15) is 6.23 Å². The number of hydrogen-bond acceptors (Lipinski definition) is 3. The van der Waals surface area contributed by atoms with E-state index in [2.05, 4.69) is 19.2 Å². The first-order valence-corrected chi connectivity index (χ1v) is 5.63. The summed E-state index contributed by atoms with van der Waals surface area (Å²) in [7, 11) is 0. The van der Waals surface area contributed by atoms with Gasteiger partial charge in [0, 0.05) is 18.8 Å². The van der Waals surface area contributed by atoms with Crippen molar-refractivity contribution in [2.24, 2.45) is 5.92 Å². The molecular weight excluding hydrogens is 214 g/mol. The molecule has 0 aliphatic carbocycles. The predicted molar refractivity (Wildman–Crippen MR) is 62.4 cm³/mol. The molecule has 1 atom stereocenters. The summed E-state index contributed by atoms with van der Waals surface area (Å²) < 4.78 is 11.1. The van der Waals surface area contributed by atoms with E-state index in [1.807, 2.05) is 0 Å². The third-order valence-electron chi connectivity index (χ3n) is 3.09. The van der Waals surface area contributed by atoms with Crippen LogP contribution < -0.4 is 5.32 Å². The van der Waals surface area contributed by atoms with Crippen LogP contribution >= 0.6 is 12.4 Å². The molecule has 0 saturated carbocycles. The SMILES string of the molecule is CC1(C)COC(CC2CCOCC2)N1.Cl. The maximum atomic E-state index is 5.72. The van der Waals surface area contributed by atoms with E-state index in [0.29, 0.717) is 0 Å². The minimum atomic E-state index is 0. The molecule has 4 heteroatoms. The van der Waals surface area contributed by atoms with Gasteiger partial charge in [0.25, 0.3) is 0 Å². The topological polar surface area (TPSA) is 30.5 Å². The molecule has 1 N–H and O–H groups in total. The summed E-state index contributed by atoms with van der Waals surface area (Å²) in [6.45, 7) is 7.08. The van der Waals surface area contributed by atoms with Gasteiger partial charge in [-0.15, -0.1) is 12.4 Å². The van der Waals surface area contributed by atoms with Crippen LogP contribution in [-0.4, -0.2) is 31.6 Å². The Bertz CT molecular complexity index is 193. The first-order chi connectivity index (χ1) is 6.66. The summed E-state index contributed by atoms with van der Waals surface area (Å²) in [5.74, 6) is 0.787. The largest absolute Gasteiger partial charge is 0.381 e. The molecule has 0 aromatic heterocycles. The van der Waals surface area contributed by atoms with E-state index in [0.717, 1.165) is 32.2 Å². The summed E-state index contributed by atoms with van der Waals surface area (Å²) in [5.41, 5.74) is 0.163. The molecule has 0 aromatic carbocycles. The fourth-order valence-electron chi connectivity index (χ4n) is 2.24. The van der Waals surface area contributed by atoms with Crippen LogP contribution in [0.3, 0.4) is 0 Å². The van der Waals surface area contributed by atoms with Crippen LogP contribution in [0.15, 0.2) is 0 Å². The van der Waals surface area contributed by atoms with Crippen molar-refractivity contribution in [3.05, 3.63) is 0 Å². The third-order valence-corrected chi connectivity index (χ3v) is 3.09.